The number of carbonyl (C=O) groups is 2. The van der Waals surface area contributed by atoms with Crippen LogP contribution in [0.3, 0.4) is 0 Å². The van der Waals surface area contributed by atoms with Gasteiger partial charge in [0.15, 0.2) is 0 Å². The molecule has 30 heavy (non-hydrogen) atoms. The van der Waals surface area contributed by atoms with Gasteiger partial charge in [-0.2, -0.15) is 0 Å². The number of amides is 2. The molecule has 4 nitrogen and oxygen atoms in total. The minimum absolute atomic E-state index is 0.0529. The lowest BCUT2D eigenvalue weighted by atomic mass is 10.1. The van der Waals surface area contributed by atoms with Crippen molar-refractivity contribution in [1.29, 1.82) is 0 Å². The summed E-state index contributed by atoms with van der Waals surface area (Å²) in [6.45, 7) is 6.93. The maximum atomic E-state index is 13.3. The molecule has 0 unspecified atom stereocenters. The summed E-state index contributed by atoms with van der Waals surface area (Å²) in [4.78, 5) is 31.2. The smallest absolute Gasteiger partial charge is 0.254 e. The summed E-state index contributed by atoms with van der Waals surface area (Å²) < 4.78 is 0. The van der Waals surface area contributed by atoms with Crippen molar-refractivity contribution in [2.24, 2.45) is 0 Å². The molecule has 0 N–H and O–H groups in total. The van der Waals surface area contributed by atoms with E-state index in [9.17, 15) is 9.59 Å². The van der Waals surface area contributed by atoms with E-state index < -0.39 is 0 Å². The van der Waals surface area contributed by atoms with Gasteiger partial charge < -0.3 is 9.80 Å². The zero-order valence-electron chi connectivity index (χ0n) is 17.7. The van der Waals surface area contributed by atoms with Gasteiger partial charge in [-0.15, -0.1) is 11.3 Å². The number of nitrogens with zero attached hydrogens (tertiary/aromatic N) is 2. The third-order valence-electron chi connectivity index (χ3n) is 5.06. The Morgan fingerprint density at radius 1 is 0.900 bits per heavy atom. The summed E-state index contributed by atoms with van der Waals surface area (Å²) in [5, 5.41) is 2.02. The summed E-state index contributed by atoms with van der Waals surface area (Å²) in [7, 11) is 0. The Kier molecular flexibility index (Phi) is 7.41. The first-order chi connectivity index (χ1) is 14.5. The second kappa shape index (κ2) is 10.2. The van der Waals surface area contributed by atoms with Crippen molar-refractivity contribution in [3.63, 3.8) is 0 Å². The van der Waals surface area contributed by atoms with Gasteiger partial charge >= 0.3 is 0 Å². The molecular formula is C25H28N2O2S. The van der Waals surface area contributed by atoms with Crippen LogP contribution in [0.2, 0.25) is 0 Å². The summed E-state index contributed by atoms with van der Waals surface area (Å²) in [6.07, 6.45) is 0. The van der Waals surface area contributed by atoms with E-state index in [4.69, 9.17) is 0 Å². The van der Waals surface area contributed by atoms with E-state index in [1.807, 2.05) is 97.8 Å². The van der Waals surface area contributed by atoms with Gasteiger partial charge in [-0.05, 0) is 49.4 Å². The van der Waals surface area contributed by atoms with Gasteiger partial charge in [0.05, 0.1) is 6.54 Å². The Balaban J connectivity index is 1.81. The predicted octanol–water partition coefficient (Wildman–Crippen LogP) is 5.14. The fraction of sp³-hybridized carbons (Fsp3) is 0.280. The second-order valence-corrected chi connectivity index (χ2v) is 8.69. The van der Waals surface area contributed by atoms with Crippen molar-refractivity contribution in [3.8, 4) is 0 Å². The molecule has 0 saturated heterocycles. The Morgan fingerprint density at radius 3 is 2.23 bits per heavy atom. The van der Waals surface area contributed by atoms with E-state index in [1.165, 1.54) is 0 Å². The first-order valence-electron chi connectivity index (χ1n) is 10.2. The van der Waals surface area contributed by atoms with Gasteiger partial charge in [0, 0.05) is 23.0 Å². The third-order valence-corrected chi connectivity index (χ3v) is 5.92. The number of hydrogen-bond acceptors (Lipinski definition) is 3. The van der Waals surface area contributed by atoms with Crippen LogP contribution in [0.1, 0.15) is 40.2 Å². The molecule has 0 radical (unpaired) electrons. The number of hydrogen-bond donors (Lipinski definition) is 0. The lowest BCUT2D eigenvalue weighted by Crippen LogP contribution is -2.45. The molecule has 1 heterocycles. The van der Waals surface area contributed by atoms with Crippen molar-refractivity contribution >= 4 is 23.2 Å². The molecule has 2 amide bonds. The first kappa shape index (κ1) is 21.8. The molecule has 0 spiro atoms. The summed E-state index contributed by atoms with van der Waals surface area (Å²) in [5.74, 6) is -0.157. The van der Waals surface area contributed by atoms with Crippen LogP contribution < -0.4 is 0 Å². The quantitative estimate of drug-likeness (QED) is 0.506. The Labute approximate surface area is 182 Å². The van der Waals surface area contributed by atoms with E-state index in [-0.39, 0.29) is 24.4 Å². The lowest BCUT2D eigenvalue weighted by Gasteiger charge is -2.30. The van der Waals surface area contributed by atoms with Crippen LogP contribution in [0, 0.1) is 6.92 Å². The average molecular weight is 421 g/mol. The van der Waals surface area contributed by atoms with Gasteiger partial charge in [-0.3, -0.25) is 9.59 Å². The van der Waals surface area contributed by atoms with Crippen LogP contribution in [-0.2, 0) is 17.9 Å². The van der Waals surface area contributed by atoms with E-state index >= 15 is 0 Å². The van der Waals surface area contributed by atoms with E-state index in [2.05, 4.69) is 0 Å². The molecule has 156 valence electrons. The largest absolute Gasteiger partial charge is 0.332 e. The van der Waals surface area contributed by atoms with Gasteiger partial charge in [-0.25, -0.2) is 0 Å². The van der Waals surface area contributed by atoms with E-state index in [0.717, 1.165) is 16.0 Å². The van der Waals surface area contributed by atoms with Gasteiger partial charge in [0.2, 0.25) is 5.91 Å². The van der Waals surface area contributed by atoms with Gasteiger partial charge in [0.25, 0.3) is 5.91 Å². The molecule has 0 aliphatic rings. The monoisotopic (exact) mass is 420 g/mol. The van der Waals surface area contributed by atoms with Crippen LogP contribution in [-0.4, -0.2) is 34.2 Å². The standard InChI is InChI=1S/C25H28N2O2S/c1-19(2)27(25(29)23-14-8-7-10-20(23)3)18-24(28)26(17-22-13-9-15-30-22)16-21-11-5-4-6-12-21/h4-15,19H,16-18H2,1-3H3. The normalized spacial score (nSPS) is 10.8. The number of aryl methyl sites for hydroxylation is 1. The number of carbonyl (C=O) groups excluding carboxylic acids is 2. The van der Waals surface area contributed by atoms with Gasteiger partial charge in [-0.1, -0.05) is 54.6 Å². The van der Waals surface area contributed by atoms with Crippen molar-refractivity contribution < 1.29 is 9.59 Å². The minimum atomic E-state index is -0.104. The van der Waals surface area contributed by atoms with Crippen molar-refractivity contribution in [2.75, 3.05) is 6.54 Å². The molecule has 0 aliphatic carbocycles. The third kappa shape index (κ3) is 5.57. The number of rotatable bonds is 8. The number of thiophene rings is 1. The minimum Gasteiger partial charge on any atom is -0.332 e. The predicted molar refractivity (Wildman–Crippen MR) is 122 cm³/mol. The average Bonchev–Trinajstić information content (AvgIpc) is 3.25. The van der Waals surface area contributed by atoms with Crippen molar-refractivity contribution in [1.82, 2.24) is 9.80 Å². The van der Waals surface area contributed by atoms with Crippen LogP contribution in [0.15, 0.2) is 72.1 Å². The highest BCUT2D eigenvalue weighted by Gasteiger charge is 2.25. The first-order valence-corrected chi connectivity index (χ1v) is 11.0. The molecule has 0 fully saturated rings. The molecule has 5 heteroatoms. The molecule has 0 aliphatic heterocycles. The molecule has 2 aromatic carbocycles. The van der Waals surface area contributed by atoms with Crippen LogP contribution in [0.4, 0.5) is 0 Å². The zero-order valence-corrected chi connectivity index (χ0v) is 18.6. The Bertz CT molecular complexity index is 968. The molecule has 1 aromatic heterocycles. The lowest BCUT2D eigenvalue weighted by molar-refractivity contribution is -0.133. The fourth-order valence-electron chi connectivity index (χ4n) is 3.33. The molecule has 0 saturated carbocycles. The summed E-state index contributed by atoms with van der Waals surface area (Å²) >= 11 is 1.64. The molecule has 3 rings (SSSR count). The van der Waals surface area contributed by atoms with E-state index in [0.29, 0.717) is 18.7 Å². The molecule has 0 bridgehead atoms. The van der Waals surface area contributed by atoms with Gasteiger partial charge in [0.1, 0.15) is 6.54 Å². The second-order valence-electron chi connectivity index (χ2n) is 7.66. The van der Waals surface area contributed by atoms with Crippen LogP contribution in [0.5, 0.6) is 0 Å². The molecule has 0 atom stereocenters. The van der Waals surface area contributed by atoms with E-state index in [1.54, 1.807) is 16.2 Å². The highest BCUT2D eigenvalue weighted by molar-refractivity contribution is 7.09. The summed E-state index contributed by atoms with van der Waals surface area (Å²) in [5.41, 5.74) is 2.64. The van der Waals surface area contributed by atoms with Crippen LogP contribution >= 0.6 is 11.3 Å². The summed E-state index contributed by atoms with van der Waals surface area (Å²) in [6, 6.07) is 21.4. The topological polar surface area (TPSA) is 40.6 Å². The highest BCUT2D eigenvalue weighted by atomic mass is 32.1. The fourth-order valence-corrected chi connectivity index (χ4v) is 4.05. The Morgan fingerprint density at radius 2 is 1.60 bits per heavy atom. The SMILES string of the molecule is Cc1ccccc1C(=O)N(CC(=O)N(Cc1ccccc1)Cc1cccs1)C(C)C. The Hall–Kier alpha value is -2.92. The van der Waals surface area contributed by atoms with Crippen molar-refractivity contribution in [3.05, 3.63) is 93.7 Å². The van der Waals surface area contributed by atoms with Crippen LogP contribution in [0.25, 0.3) is 0 Å². The number of benzene rings is 2. The maximum Gasteiger partial charge on any atom is 0.254 e. The highest BCUT2D eigenvalue weighted by Crippen LogP contribution is 2.17. The molecular weight excluding hydrogens is 392 g/mol. The zero-order chi connectivity index (χ0) is 21.5. The maximum absolute atomic E-state index is 13.3. The van der Waals surface area contributed by atoms with Crippen molar-refractivity contribution in [2.45, 2.75) is 39.9 Å². The molecule has 3 aromatic rings.